The third-order valence-electron chi connectivity index (χ3n) is 5.51. The Morgan fingerprint density at radius 3 is 2.74 bits per heavy atom. The van der Waals surface area contributed by atoms with Crippen molar-refractivity contribution >= 4 is 11.7 Å². The van der Waals surface area contributed by atoms with Crippen molar-refractivity contribution < 1.29 is 13.9 Å². The molecule has 1 amide bonds. The molecule has 0 radical (unpaired) electrons. The maximum atomic E-state index is 13.1. The molecule has 0 spiro atoms. The summed E-state index contributed by atoms with van der Waals surface area (Å²) in [5, 5.41) is 11.7. The van der Waals surface area contributed by atoms with Crippen molar-refractivity contribution in [3.63, 3.8) is 0 Å². The number of halogens is 1. The van der Waals surface area contributed by atoms with Crippen molar-refractivity contribution in [2.45, 2.75) is 19.4 Å². The average Bonchev–Trinajstić information content (AvgIpc) is 2.83. The SMILES string of the molecule is COc1cccc(CNC(=O)[C@H]2CCCN(c3ccc(-c4ccc(F)cc4)nn3)C2)c1. The monoisotopic (exact) mass is 420 g/mol. The number of hydrogen-bond donors (Lipinski definition) is 1. The van der Waals surface area contributed by atoms with E-state index in [1.54, 1.807) is 19.2 Å². The first-order valence-corrected chi connectivity index (χ1v) is 10.4. The molecule has 0 unspecified atom stereocenters. The number of hydrogen-bond acceptors (Lipinski definition) is 5. The molecule has 1 fully saturated rings. The van der Waals surface area contributed by atoms with Gasteiger partial charge < -0.3 is 15.0 Å². The first kappa shape index (κ1) is 20.8. The van der Waals surface area contributed by atoms with Crippen LogP contribution in [0.3, 0.4) is 0 Å². The van der Waals surface area contributed by atoms with Crippen LogP contribution in [0, 0.1) is 11.7 Å². The van der Waals surface area contributed by atoms with Gasteiger partial charge in [0.25, 0.3) is 0 Å². The minimum atomic E-state index is -0.280. The van der Waals surface area contributed by atoms with Crippen molar-refractivity contribution in [2.75, 3.05) is 25.1 Å². The van der Waals surface area contributed by atoms with Crippen LogP contribution in [0.4, 0.5) is 10.2 Å². The molecular formula is C24H25FN4O2. The normalized spacial score (nSPS) is 16.1. The second kappa shape index (κ2) is 9.55. The van der Waals surface area contributed by atoms with Gasteiger partial charge in [-0.15, -0.1) is 10.2 Å². The summed E-state index contributed by atoms with van der Waals surface area (Å²) in [6.07, 6.45) is 1.76. The summed E-state index contributed by atoms with van der Waals surface area (Å²) in [5.74, 6) is 1.19. The molecule has 2 heterocycles. The number of rotatable bonds is 6. The van der Waals surface area contributed by atoms with Crippen molar-refractivity contribution in [1.82, 2.24) is 15.5 Å². The second-order valence-corrected chi connectivity index (χ2v) is 7.64. The molecule has 1 aliphatic heterocycles. The van der Waals surface area contributed by atoms with Gasteiger partial charge in [0.2, 0.25) is 5.91 Å². The molecule has 0 aliphatic carbocycles. The van der Waals surface area contributed by atoms with Gasteiger partial charge in [-0.2, -0.15) is 0 Å². The van der Waals surface area contributed by atoms with Crippen molar-refractivity contribution in [3.8, 4) is 17.0 Å². The van der Waals surface area contributed by atoms with Crippen LogP contribution in [-0.2, 0) is 11.3 Å². The summed E-state index contributed by atoms with van der Waals surface area (Å²) >= 11 is 0. The third-order valence-corrected chi connectivity index (χ3v) is 5.51. The number of carbonyl (C=O) groups excluding carboxylic acids is 1. The number of methoxy groups -OCH3 is 1. The summed E-state index contributed by atoms with van der Waals surface area (Å²) < 4.78 is 18.3. The molecule has 1 N–H and O–H groups in total. The third kappa shape index (κ3) is 5.17. The fourth-order valence-electron chi connectivity index (χ4n) is 3.78. The van der Waals surface area contributed by atoms with Crippen LogP contribution in [0.25, 0.3) is 11.3 Å². The van der Waals surface area contributed by atoms with Crippen LogP contribution in [0.2, 0.25) is 0 Å². The topological polar surface area (TPSA) is 67.3 Å². The molecule has 1 aliphatic rings. The van der Waals surface area contributed by atoms with Crippen molar-refractivity contribution in [3.05, 3.63) is 72.0 Å². The highest BCUT2D eigenvalue weighted by Crippen LogP contribution is 2.24. The molecule has 0 saturated carbocycles. The van der Waals surface area contributed by atoms with Gasteiger partial charge in [0, 0.05) is 25.2 Å². The quantitative estimate of drug-likeness (QED) is 0.657. The number of nitrogens with zero attached hydrogens (tertiary/aromatic N) is 3. The highest BCUT2D eigenvalue weighted by Gasteiger charge is 2.26. The van der Waals surface area contributed by atoms with Crippen LogP contribution in [0.15, 0.2) is 60.7 Å². The smallest absolute Gasteiger partial charge is 0.225 e. The van der Waals surface area contributed by atoms with E-state index in [4.69, 9.17) is 4.74 Å². The van der Waals surface area contributed by atoms with Crippen LogP contribution >= 0.6 is 0 Å². The lowest BCUT2D eigenvalue weighted by molar-refractivity contribution is -0.125. The maximum absolute atomic E-state index is 13.1. The molecule has 1 aromatic heterocycles. The highest BCUT2D eigenvalue weighted by molar-refractivity contribution is 5.79. The summed E-state index contributed by atoms with van der Waals surface area (Å²) in [7, 11) is 1.63. The molecule has 6 nitrogen and oxygen atoms in total. The predicted octanol–water partition coefficient (Wildman–Crippen LogP) is 3.82. The molecular weight excluding hydrogens is 395 g/mol. The number of amides is 1. The van der Waals surface area contributed by atoms with E-state index in [0.717, 1.165) is 42.1 Å². The van der Waals surface area contributed by atoms with E-state index in [0.29, 0.717) is 18.8 Å². The van der Waals surface area contributed by atoms with E-state index >= 15 is 0 Å². The van der Waals surface area contributed by atoms with Gasteiger partial charge in [0.1, 0.15) is 11.6 Å². The molecule has 1 saturated heterocycles. The largest absolute Gasteiger partial charge is 0.497 e. The van der Waals surface area contributed by atoms with Gasteiger partial charge in [0.15, 0.2) is 5.82 Å². The zero-order valence-electron chi connectivity index (χ0n) is 17.4. The summed E-state index contributed by atoms with van der Waals surface area (Å²) in [5.41, 5.74) is 2.50. The molecule has 2 aromatic carbocycles. The van der Waals surface area contributed by atoms with Crippen molar-refractivity contribution in [1.29, 1.82) is 0 Å². The average molecular weight is 420 g/mol. The van der Waals surface area contributed by atoms with Crippen molar-refractivity contribution in [2.24, 2.45) is 5.92 Å². The zero-order chi connectivity index (χ0) is 21.6. The van der Waals surface area contributed by atoms with Gasteiger partial charge in [-0.25, -0.2) is 4.39 Å². The van der Waals surface area contributed by atoms with Gasteiger partial charge in [-0.05, 0) is 66.9 Å². The molecule has 3 aromatic rings. The predicted molar refractivity (Wildman–Crippen MR) is 117 cm³/mol. The Hall–Kier alpha value is -3.48. The number of benzene rings is 2. The summed E-state index contributed by atoms with van der Waals surface area (Å²) in [6, 6.07) is 17.6. The fraction of sp³-hybridized carbons (Fsp3) is 0.292. The van der Waals surface area contributed by atoms with E-state index in [2.05, 4.69) is 20.4 Å². The number of ether oxygens (including phenoxy) is 1. The summed E-state index contributed by atoms with van der Waals surface area (Å²) in [6.45, 7) is 1.91. The zero-order valence-corrected chi connectivity index (χ0v) is 17.4. The minimum absolute atomic E-state index is 0.0448. The molecule has 1 atom stereocenters. The van der Waals surface area contributed by atoms with Gasteiger partial charge in [-0.1, -0.05) is 12.1 Å². The Balaban J connectivity index is 1.36. The molecule has 7 heteroatoms. The van der Waals surface area contributed by atoms with E-state index in [9.17, 15) is 9.18 Å². The minimum Gasteiger partial charge on any atom is -0.497 e. The van der Waals surface area contributed by atoms with Crippen LogP contribution in [-0.4, -0.2) is 36.3 Å². The number of anilines is 1. The second-order valence-electron chi connectivity index (χ2n) is 7.64. The number of nitrogens with one attached hydrogen (secondary N) is 1. The van der Waals surface area contributed by atoms with Gasteiger partial charge in [0.05, 0.1) is 18.7 Å². The Morgan fingerprint density at radius 2 is 2.00 bits per heavy atom. The van der Waals surface area contributed by atoms with E-state index in [1.807, 2.05) is 36.4 Å². The molecule has 31 heavy (non-hydrogen) atoms. The highest BCUT2D eigenvalue weighted by atomic mass is 19.1. The lowest BCUT2D eigenvalue weighted by atomic mass is 9.97. The lowest BCUT2D eigenvalue weighted by Gasteiger charge is -2.32. The standard InChI is InChI=1S/C24H25FN4O2/c1-31-21-6-2-4-17(14-21)15-26-24(30)19-5-3-13-29(16-19)23-12-11-22(27-28-23)18-7-9-20(25)10-8-18/h2,4,6-12,14,19H,3,5,13,15-16H2,1H3,(H,26,30)/t19-/m0/s1. The number of aromatic nitrogens is 2. The Kier molecular flexibility index (Phi) is 6.40. The molecule has 4 rings (SSSR count). The Labute approximate surface area is 181 Å². The summed E-state index contributed by atoms with van der Waals surface area (Å²) in [4.78, 5) is 14.8. The molecule has 160 valence electrons. The first-order valence-electron chi connectivity index (χ1n) is 10.4. The van der Waals surface area contributed by atoms with Gasteiger partial charge in [-0.3, -0.25) is 4.79 Å². The molecule has 0 bridgehead atoms. The van der Waals surface area contributed by atoms with Crippen LogP contribution < -0.4 is 15.0 Å². The maximum Gasteiger partial charge on any atom is 0.225 e. The number of carbonyl (C=O) groups is 1. The Bertz CT molecular complexity index is 1020. The Morgan fingerprint density at radius 1 is 1.16 bits per heavy atom. The number of piperidine rings is 1. The van der Waals surface area contributed by atoms with Crippen LogP contribution in [0.1, 0.15) is 18.4 Å². The van der Waals surface area contributed by atoms with E-state index in [1.165, 1.54) is 12.1 Å². The van der Waals surface area contributed by atoms with E-state index < -0.39 is 0 Å². The first-order chi connectivity index (χ1) is 15.1. The fourth-order valence-corrected chi connectivity index (χ4v) is 3.78. The van der Waals surface area contributed by atoms with E-state index in [-0.39, 0.29) is 17.6 Å². The lowest BCUT2D eigenvalue weighted by Crippen LogP contribution is -2.43. The van der Waals surface area contributed by atoms with Crippen LogP contribution in [0.5, 0.6) is 5.75 Å². The van der Waals surface area contributed by atoms with Gasteiger partial charge >= 0.3 is 0 Å².